The monoisotopic (exact) mass is 367 g/mol. The van der Waals surface area contributed by atoms with Gasteiger partial charge in [0.2, 0.25) is 0 Å². The highest BCUT2D eigenvalue weighted by atomic mass is 35.5. The summed E-state index contributed by atoms with van der Waals surface area (Å²) < 4.78 is 37.4. The van der Waals surface area contributed by atoms with E-state index in [0.717, 1.165) is 12.1 Å². The van der Waals surface area contributed by atoms with Crippen molar-refractivity contribution in [2.75, 3.05) is 26.3 Å². The summed E-state index contributed by atoms with van der Waals surface area (Å²) in [6.45, 7) is 1.21. The van der Waals surface area contributed by atoms with Crippen molar-refractivity contribution in [3.8, 4) is 5.75 Å². The number of hydrogen-bond acceptors (Lipinski definition) is 3. The predicted octanol–water partition coefficient (Wildman–Crippen LogP) is 3.54. The van der Waals surface area contributed by atoms with E-state index in [1.165, 1.54) is 6.07 Å². The van der Waals surface area contributed by atoms with Crippen LogP contribution in [0.15, 0.2) is 42.5 Å². The van der Waals surface area contributed by atoms with Crippen molar-refractivity contribution in [3.05, 3.63) is 64.7 Å². The summed E-state index contributed by atoms with van der Waals surface area (Å²) in [5, 5.41) is 0.561. The minimum Gasteiger partial charge on any atom is -0.488 e. The summed E-state index contributed by atoms with van der Waals surface area (Å²) in [5.74, 6) is -1.62. The Kier molecular flexibility index (Phi) is 5.50. The zero-order valence-corrected chi connectivity index (χ0v) is 14.0. The number of nitrogens with zero attached hydrogens (tertiary/aromatic N) is 1. The second-order valence-electron chi connectivity index (χ2n) is 5.64. The fourth-order valence-corrected chi connectivity index (χ4v) is 2.68. The molecule has 0 spiro atoms. The Morgan fingerprint density at radius 2 is 2.00 bits per heavy atom. The lowest BCUT2D eigenvalue weighted by Crippen LogP contribution is -2.47. The third kappa shape index (κ3) is 4.46. The maximum atomic E-state index is 13.6. The topological polar surface area (TPSA) is 38.8 Å². The van der Waals surface area contributed by atoms with E-state index >= 15 is 0 Å². The van der Waals surface area contributed by atoms with Crippen LogP contribution in [-0.4, -0.2) is 43.2 Å². The van der Waals surface area contributed by atoms with E-state index in [-0.39, 0.29) is 18.3 Å². The van der Waals surface area contributed by atoms with Crippen molar-refractivity contribution >= 4 is 17.5 Å². The Labute approximate surface area is 148 Å². The standard InChI is InChI=1S/C18H16ClF2NO3/c19-13-3-1-12(2-4-13)18(23)22-7-8-24-15(10-22)11-25-17-6-5-14(20)9-16(17)21/h1-6,9,15H,7-8,10-11H2. The van der Waals surface area contributed by atoms with Crippen LogP contribution in [0.25, 0.3) is 0 Å². The molecule has 2 aromatic rings. The van der Waals surface area contributed by atoms with E-state index in [0.29, 0.717) is 30.3 Å². The van der Waals surface area contributed by atoms with Crippen LogP contribution in [0.3, 0.4) is 0 Å². The van der Waals surface area contributed by atoms with Gasteiger partial charge in [-0.15, -0.1) is 0 Å². The Hall–Kier alpha value is -2.18. The fraction of sp³-hybridized carbons (Fsp3) is 0.278. The molecule has 1 atom stereocenters. The van der Waals surface area contributed by atoms with E-state index < -0.39 is 17.7 Å². The first-order valence-corrected chi connectivity index (χ1v) is 8.15. The summed E-state index contributed by atoms with van der Waals surface area (Å²) in [4.78, 5) is 14.2. The Morgan fingerprint density at radius 3 is 2.72 bits per heavy atom. The minimum atomic E-state index is -0.773. The van der Waals surface area contributed by atoms with Gasteiger partial charge in [0.1, 0.15) is 18.5 Å². The molecule has 1 heterocycles. The molecule has 2 aromatic carbocycles. The molecule has 1 unspecified atom stereocenters. The molecule has 1 amide bonds. The van der Waals surface area contributed by atoms with Crippen LogP contribution in [0.1, 0.15) is 10.4 Å². The van der Waals surface area contributed by atoms with Crippen molar-refractivity contribution in [2.45, 2.75) is 6.10 Å². The molecule has 0 aliphatic carbocycles. The van der Waals surface area contributed by atoms with Gasteiger partial charge < -0.3 is 14.4 Å². The molecule has 132 valence electrons. The summed E-state index contributed by atoms with van der Waals surface area (Å²) in [7, 11) is 0. The number of hydrogen-bond donors (Lipinski definition) is 0. The first kappa shape index (κ1) is 17.6. The Balaban J connectivity index is 1.59. The number of morpholine rings is 1. The summed E-state index contributed by atoms with van der Waals surface area (Å²) in [6, 6.07) is 9.76. The summed E-state index contributed by atoms with van der Waals surface area (Å²) >= 11 is 5.83. The summed E-state index contributed by atoms with van der Waals surface area (Å²) in [6.07, 6.45) is -0.394. The predicted molar refractivity (Wildman–Crippen MR) is 88.9 cm³/mol. The van der Waals surface area contributed by atoms with Crippen LogP contribution in [0.4, 0.5) is 8.78 Å². The van der Waals surface area contributed by atoms with E-state index in [1.807, 2.05) is 0 Å². The van der Waals surface area contributed by atoms with Gasteiger partial charge in [-0.1, -0.05) is 11.6 Å². The molecule has 7 heteroatoms. The van der Waals surface area contributed by atoms with Gasteiger partial charge in [0.15, 0.2) is 11.6 Å². The quantitative estimate of drug-likeness (QED) is 0.829. The van der Waals surface area contributed by atoms with Gasteiger partial charge in [0.05, 0.1) is 13.2 Å². The largest absolute Gasteiger partial charge is 0.488 e. The first-order chi connectivity index (χ1) is 12.0. The van der Waals surface area contributed by atoms with E-state index in [4.69, 9.17) is 21.1 Å². The number of benzene rings is 2. The molecule has 0 radical (unpaired) electrons. The molecule has 1 aliphatic rings. The molecular formula is C18H16ClF2NO3. The fourth-order valence-electron chi connectivity index (χ4n) is 2.55. The molecular weight excluding hydrogens is 352 g/mol. The highest BCUT2D eigenvalue weighted by Gasteiger charge is 2.25. The van der Waals surface area contributed by atoms with Crippen molar-refractivity contribution in [1.29, 1.82) is 0 Å². The van der Waals surface area contributed by atoms with Crippen LogP contribution in [0.5, 0.6) is 5.75 Å². The van der Waals surface area contributed by atoms with E-state index in [2.05, 4.69) is 0 Å². The van der Waals surface area contributed by atoms with Crippen molar-refractivity contribution in [1.82, 2.24) is 4.90 Å². The normalized spacial score (nSPS) is 17.4. The van der Waals surface area contributed by atoms with Crippen LogP contribution >= 0.6 is 11.6 Å². The Morgan fingerprint density at radius 1 is 1.24 bits per heavy atom. The van der Waals surface area contributed by atoms with Gasteiger partial charge in [-0.25, -0.2) is 8.78 Å². The van der Waals surface area contributed by atoms with Crippen LogP contribution in [-0.2, 0) is 4.74 Å². The molecule has 3 rings (SSSR count). The molecule has 1 aliphatic heterocycles. The average Bonchev–Trinajstić information content (AvgIpc) is 2.61. The van der Waals surface area contributed by atoms with Gasteiger partial charge >= 0.3 is 0 Å². The van der Waals surface area contributed by atoms with Gasteiger partial charge in [-0.05, 0) is 36.4 Å². The lowest BCUT2D eigenvalue weighted by Gasteiger charge is -2.33. The highest BCUT2D eigenvalue weighted by molar-refractivity contribution is 6.30. The van der Waals surface area contributed by atoms with Crippen molar-refractivity contribution in [3.63, 3.8) is 0 Å². The highest BCUT2D eigenvalue weighted by Crippen LogP contribution is 2.19. The van der Waals surface area contributed by atoms with E-state index in [1.54, 1.807) is 29.2 Å². The number of amides is 1. The van der Waals surface area contributed by atoms with Gasteiger partial charge in [-0.2, -0.15) is 0 Å². The zero-order valence-electron chi connectivity index (χ0n) is 13.3. The SMILES string of the molecule is O=C(c1ccc(Cl)cc1)N1CCOC(COc2ccc(F)cc2F)C1. The second kappa shape index (κ2) is 7.80. The molecule has 1 saturated heterocycles. The summed E-state index contributed by atoms with van der Waals surface area (Å²) in [5.41, 5.74) is 0.538. The average molecular weight is 368 g/mol. The number of rotatable bonds is 4. The molecule has 0 N–H and O–H groups in total. The number of halogens is 3. The zero-order chi connectivity index (χ0) is 17.8. The first-order valence-electron chi connectivity index (χ1n) is 7.77. The van der Waals surface area contributed by atoms with Crippen LogP contribution < -0.4 is 4.74 Å². The molecule has 4 nitrogen and oxygen atoms in total. The third-order valence-corrected chi connectivity index (χ3v) is 4.09. The Bertz CT molecular complexity index is 754. The lowest BCUT2D eigenvalue weighted by atomic mass is 10.1. The molecule has 0 bridgehead atoms. The van der Waals surface area contributed by atoms with Crippen molar-refractivity contribution < 1.29 is 23.0 Å². The number of carbonyl (C=O) groups excluding carboxylic acids is 1. The number of ether oxygens (including phenoxy) is 2. The second-order valence-corrected chi connectivity index (χ2v) is 6.07. The molecule has 1 fully saturated rings. The molecule has 0 aromatic heterocycles. The minimum absolute atomic E-state index is 0.0499. The number of carbonyl (C=O) groups is 1. The smallest absolute Gasteiger partial charge is 0.254 e. The van der Waals surface area contributed by atoms with Crippen LogP contribution in [0, 0.1) is 11.6 Å². The third-order valence-electron chi connectivity index (χ3n) is 3.84. The van der Waals surface area contributed by atoms with Gasteiger partial charge in [-0.3, -0.25) is 4.79 Å². The van der Waals surface area contributed by atoms with Crippen molar-refractivity contribution in [2.24, 2.45) is 0 Å². The molecule has 25 heavy (non-hydrogen) atoms. The van der Waals surface area contributed by atoms with E-state index in [9.17, 15) is 13.6 Å². The van der Waals surface area contributed by atoms with Gasteiger partial charge in [0.25, 0.3) is 5.91 Å². The lowest BCUT2D eigenvalue weighted by molar-refractivity contribution is -0.0405. The molecule has 0 saturated carbocycles. The van der Waals surface area contributed by atoms with Gasteiger partial charge in [0, 0.05) is 23.2 Å². The maximum Gasteiger partial charge on any atom is 0.254 e. The van der Waals surface area contributed by atoms with Crippen LogP contribution in [0.2, 0.25) is 5.02 Å². The maximum absolute atomic E-state index is 13.6.